The fraction of sp³-hybridized carbons (Fsp3) is 0.182. The molecule has 1 aromatic rings. The lowest BCUT2D eigenvalue weighted by Crippen LogP contribution is -2.08. The lowest BCUT2D eigenvalue weighted by Gasteiger charge is -2.04. The van der Waals surface area contributed by atoms with Gasteiger partial charge in [-0.3, -0.25) is 10.1 Å². The Hall–Kier alpha value is -1.82. The molecule has 0 heterocycles. The maximum Gasteiger partial charge on any atom is 0.509 e. The van der Waals surface area contributed by atoms with Crippen LogP contribution in [-0.2, 0) is 16.1 Å². The summed E-state index contributed by atoms with van der Waals surface area (Å²) in [6.45, 7) is -0.285. The quantitative estimate of drug-likeness (QED) is 0.271. The Morgan fingerprint density at radius 1 is 1.39 bits per heavy atom. The number of nitro benzene ring substituents is 1. The summed E-state index contributed by atoms with van der Waals surface area (Å²) in [4.78, 5) is 21.2. The number of rotatable bonds is 4. The van der Waals surface area contributed by atoms with Crippen LogP contribution in [0.5, 0.6) is 0 Å². The molecule has 0 saturated heterocycles. The summed E-state index contributed by atoms with van der Waals surface area (Å²) < 4.78 is 11.8. The molecule has 6 nitrogen and oxygen atoms in total. The normalized spacial score (nSPS) is 8.94. The zero-order valence-electron chi connectivity index (χ0n) is 9.09. The average molecular weight is 361 g/mol. The molecule has 0 bridgehead atoms. The molecule has 0 N–H and O–H groups in total. The Morgan fingerprint density at radius 3 is 2.78 bits per heavy atom. The van der Waals surface area contributed by atoms with Gasteiger partial charge < -0.3 is 9.47 Å². The van der Waals surface area contributed by atoms with E-state index in [4.69, 9.17) is 4.74 Å². The highest BCUT2D eigenvalue weighted by molar-refractivity contribution is 14.1. The molecule has 0 radical (unpaired) electrons. The standard InChI is InChI=1S/C11H8INO5/c12-6-3-7-17-11(14)18-8-9-4-1-2-5-10(9)13(15)16/h1-2,4-5H,7-8H2. The number of carbonyl (C=O) groups is 1. The van der Waals surface area contributed by atoms with Crippen LogP contribution >= 0.6 is 22.6 Å². The smallest absolute Gasteiger partial charge is 0.429 e. The highest BCUT2D eigenvalue weighted by atomic mass is 127. The number of hydrogen-bond acceptors (Lipinski definition) is 5. The summed E-state index contributed by atoms with van der Waals surface area (Å²) in [6, 6.07) is 6.01. The first-order chi connectivity index (χ1) is 8.65. The van der Waals surface area contributed by atoms with E-state index in [0.717, 1.165) is 0 Å². The minimum atomic E-state index is -0.910. The van der Waals surface area contributed by atoms with Gasteiger partial charge in [0.1, 0.15) is 6.61 Å². The molecule has 0 spiro atoms. The second-order valence-corrected chi connectivity index (χ2v) is 3.52. The van der Waals surface area contributed by atoms with E-state index in [1.807, 2.05) is 22.6 Å². The van der Waals surface area contributed by atoms with Crippen LogP contribution in [-0.4, -0.2) is 17.7 Å². The van der Waals surface area contributed by atoms with Crippen molar-refractivity contribution in [2.45, 2.75) is 6.61 Å². The van der Waals surface area contributed by atoms with Crippen molar-refractivity contribution in [2.24, 2.45) is 0 Å². The van der Waals surface area contributed by atoms with Crippen LogP contribution in [0, 0.1) is 20.0 Å². The predicted octanol–water partition coefficient (Wildman–Crippen LogP) is 2.64. The minimum Gasteiger partial charge on any atom is -0.429 e. The molecule has 0 atom stereocenters. The van der Waals surface area contributed by atoms with Crippen molar-refractivity contribution < 1.29 is 19.2 Å². The molecule has 0 fully saturated rings. The zero-order chi connectivity index (χ0) is 13.4. The molecule has 18 heavy (non-hydrogen) atoms. The second kappa shape index (κ2) is 7.50. The SMILES string of the molecule is O=C(OCC#CI)OCc1ccccc1[N+](=O)[O-]. The summed E-state index contributed by atoms with van der Waals surface area (Å²) in [5, 5.41) is 10.7. The molecule has 1 rings (SSSR count). The van der Waals surface area contributed by atoms with Gasteiger partial charge in [0, 0.05) is 28.7 Å². The Labute approximate surface area is 117 Å². The molecule has 0 aliphatic rings. The largest absolute Gasteiger partial charge is 0.509 e. The zero-order valence-corrected chi connectivity index (χ0v) is 11.2. The number of benzene rings is 1. The van der Waals surface area contributed by atoms with Crippen molar-refractivity contribution in [3.8, 4) is 9.85 Å². The molecule has 0 saturated carbocycles. The van der Waals surface area contributed by atoms with E-state index in [0.29, 0.717) is 5.56 Å². The van der Waals surface area contributed by atoms with Gasteiger partial charge in [-0.1, -0.05) is 18.1 Å². The first-order valence-corrected chi connectivity index (χ1v) is 5.83. The van der Waals surface area contributed by atoms with E-state index >= 15 is 0 Å². The third-order valence-corrected chi connectivity index (χ3v) is 2.24. The van der Waals surface area contributed by atoms with Crippen molar-refractivity contribution in [1.29, 1.82) is 0 Å². The van der Waals surface area contributed by atoms with Gasteiger partial charge in [-0.25, -0.2) is 4.79 Å². The average Bonchev–Trinajstić information content (AvgIpc) is 2.37. The fourth-order valence-corrected chi connectivity index (χ4v) is 1.27. The molecular formula is C11H8INO5. The van der Waals surface area contributed by atoms with Crippen LogP contribution in [0.15, 0.2) is 24.3 Å². The molecule has 0 aliphatic carbocycles. The third-order valence-electron chi connectivity index (χ3n) is 1.86. The predicted molar refractivity (Wildman–Crippen MR) is 71.0 cm³/mol. The number of nitrogens with zero attached hydrogens (tertiary/aromatic N) is 1. The lowest BCUT2D eigenvalue weighted by atomic mass is 10.2. The molecule has 0 amide bonds. The van der Waals surface area contributed by atoms with E-state index in [9.17, 15) is 14.9 Å². The summed E-state index contributed by atoms with van der Waals surface area (Å²) >= 11 is 1.81. The van der Waals surface area contributed by atoms with E-state index in [1.165, 1.54) is 18.2 Å². The maximum atomic E-state index is 11.1. The van der Waals surface area contributed by atoms with Gasteiger partial charge in [-0.05, 0) is 9.99 Å². The Morgan fingerprint density at radius 2 is 2.11 bits per heavy atom. The van der Waals surface area contributed by atoms with E-state index in [-0.39, 0.29) is 18.9 Å². The molecular weight excluding hydrogens is 353 g/mol. The van der Waals surface area contributed by atoms with Crippen LogP contribution < -0.4 is 0 Å². The lowest BCUT2D eigenvalue weighted by molar-refractivity contribution is -0.385. The van der Waals surface area contributed by atoms with Gasteiger partial charge in [0.15, 0.2) is 6.61 Å². The van der Waals surface area contributed by atoms with Crippen LogP contribution in [0.2, 0.25) is 0 Å². The first kappa shape index (κ1) is 14.2. The van der Waals surface area contributed by atoms with Gasteiger partial charge in [0.05, 0.1) is 10.5 Å². The Balaban J connectivity index is 2.55. The number of hydrogen-bond donors (Lipinski definition) is 0. The van der Waals surface area contributed by atoms with Crippen molar-refractivity contribution in [2.75, 3.05) is 6.61 Å². The van der Waals surface area contributed by atoms with Crippen LogP contribution in [0.1, 0.15) is 5.56 Å². The van der Waals surface area contributed by atoms with Gasteiger partial charge in [-0.15, -0.1) is 0 Å². The van der Waals surface area contributed by atoms with Gasteiger partial charge in [0.25, 0.3) is 5.69 Å². The number of para-hydroxylation sites is 1. The number of nitro groups is 1. The van der Waals surface area contributed by atoms with E-state index < -0.39 is 11.1 Å². The maximum absolute atomic E-state index is 11.1. The first-order valence-electron chi connectivity index (χ1n) is 4.75. The van der Waals surface area contributed by atoms with E-state index in [2.05, 4.69) is 14.6 Å². The number of halogens is 1. The highest BCUT2D eigenvalue weighted by Crippen LogP contribution is 2.18. The van der Waals surface area contributed by atoms with Crippen molar-refractivity contribution >= 4 is 34.4 Å². The second-order valence-electron chi connectivity index (χ2n) is 2.98. The van der Waals surface area contributed by atoms with Crippen LogP contribution in [0.4, 0.5) is 10.5 Å². The summed E-state index contributed by atoms with van der Waals surface area (Å²) in [7, 11) is 0. The fourth-order valence-electron chi connectivity index (χ4n) is 1.11. The Kier molecular flexibility index (Phi) is 5.93. The van der Waals surface area contributed by atoms with Gasteiger partial charge in [0.2, 0.25) is 0 Å². The summed E-state index contributed by atoms with van der Waals surface area (Å²) in [6.07, 6.45) is -0.910. The molecule has 94 valence electrons. The van der Waals surface area contributed by atoms with Crippen molar-refractivity contribution in [3.05, 3.63) is 39.9 Å². The Bertz CT molecular complexity index is 506. The van der Waals surface area contributed by atoms with Gasteiger partial charge in [-0.2, -0.15) is 0 Å². The van der Waals surface area contributed by atoms with Crippen LogP contribution in [0.3, 0.4) is 0 Å². The van der Waals surface area contributed by atoms with Gasteiger partial charge >= 0.3 is 6.16 Å². The summed E-state index contributed by atoms with van der Waals surface area (Å²) in [5.74, 6) is 2.51. The molecule has 0 unspecified atom stereocenters. The number of carbonyl (C=O) groups excluding carboxylic acids is 1. The molecule has 0 aromatic heterocycles. The molecule has 1 aromatic carbocycles. The molecule has 7 heteroatoms. The molecule has 0 aliphatic heterocycles. The monoisotopic (exact) mass is 361 g/mol. The van der Waals surface area contributed by atoms with Crippen LogP contribution in [0.25, 0.3) is 0 Å². The van der Waals surface area contributed by atoms with Crippen molar-refractivity contribution in [3.63, 3.8) is 0 Å². The number of ether oxygens (including phenoxy) is 2. The van der Waals surface area contributed by atoms with Crippen molar-refractivity contribution in [1.82, 2.24) is 0 Å². The van der Waals surface area contributed by atoms with E-state index in [1.54, 1.807) is 6.07 Å². The summed E-state index contributed by atoms with van der Waals surface area (Å²) in [5.41, 5.74) is 0.205. The topological polar surface area (TPSA) is 78.7 Å². The third kappa shape index (κ3) is 4.58. The highest BCUT2D eigenvalue weighted by Gasteiger charge is 2.14. The minimum absolute atomic E-state index is 0.0708.